The highest BCUT2D eigenvalue weighted by atomic mass is 16.7. The molecule has 3 saturated carbocycles. The van der Waals surface area contributed by atoms with Crippen LogP contribution in [0.2, 0.25) is 0 Å². The lowest BCUT2D eigenvalue weighted by atomic mass is 9.45. The maximum atomic E-state index is 12.5. The van der Waals surface area contributed by atoms with E-state index in [4.69, 9.17) is 4.84 Å². The van der Waals surface area contributed by atoms with Gasteiger partial charge < -0.3 is 24.9 Å². The van der Waals surface area contributed by atoms with Crippen LogP contribution in [0.4, 0.5) is 0 Å². The van der Waals surface area contributed by atoms with E-state index >= 15 is 0 Å². The molecule has 7 atom stereocenters. The highest BCUT2D eigenvalue weighted by Gasteiger charge is 2.68. The number of ketones is 1. The molecular weight excluding hydrogens is 402 g/mol. The summed E-state index contributed by atoms with van der Waals surface area (Å²) >= 11 is 0. The van der Waals surface area contributed by atoms with Crippen LogP contribution in [0.25, 0.3) is 0 Å². The van der Waals surface area contributed by atoms with Crippen molar-refractivity contribution in [1.82, 2.24) is 0 Å². The smallest absolute Gasteiger partial charge is 0.296 e. The SMILES string of the molecule is C[C@]12CC/C(=N\OCOC=O)C=C1CCC1C2[C@@H](O)C[C@@]2(C)C1CC[C@]2(O)C(=O)CO. The number of carbonyl (C=O) groups excluding carboxylic acids is 2. The summed E-state index contributed by atoms with van der Waals surface area (Å²) in [5.41, 5.74) is -0.411. The van der Waals surface area contributed by atoms with Crippen molar-refractivity contribution in [2.45, 2.75) is 70.5 Å². The number of allylic oxidation sites excluding steroid dienone is 2. The van der Waals surface area contributed by atoms with Crippen LogP contribution in [0, 0.1) is 28.6 Å². The summed E-state index contributed by atoms with van der Waals surface area (Å²) in [5.74, 6) is -0.119. The number of Topliss-reactive ketones (excluding diaryl/α,β-unsaturated/α-hetero) is 1. The Morgan fingerprint density at radius 2 is 2.06 bits per heavy atom. The fourth-order valence-corrected chi connectivity index (χ4v) is 7.53. The average Bonchev–Trinajstić information content (AvgIpc) is 3.01. The van der Waals surface area contributed by atoms with Gasteiger partial charge in [-0.25, -0.2) is 0 Å². The van der Waals surface area contributed by atoms with Crippen molar-refractivity contribution in [3.05, 3.63) is 11.6 Å². The average molecular weight is 436 g/mol. The second-order valence-corrected chi connectivity index (χ2v) is 10.2. The molecule has 3 unspecified atom stereocenters. The number of oxime groups is 1. The summed E-state index contributed by atoms with van der Waals surface area (Å²) in [6.45, 7) is 3.57. The van der Waals surface area contributed by atoms with Crippen LogP contribution in [0.5, 0.6) is 0 Å². The fourth-order valence-electron chi connectivity index (χ4n) is 7.53. The van der Waals surface area contributed by atoms with Gasteiger partial charge in [-0.15, -0.1) is 0 Å². The van der Waals surface area contributed by atoms with Crippen LogP contribution in [0.1, 0.15) is 58.8 Å². The summed E-state index contributed by atoms with van der Waals surface area (Å²) in [6, 6.07) is 0. The van der Waals surface area contributed by atoms with Crippen LogP contribution in [0.15, 0.2) is 16.8 Å². The molecule has 0 aromatic heterocycles. The number of ether oxygens (including phenoxy) is 1. The van der Waals surface area contributed by atoms with Crippen molar-refractivity contribution in [1.29, 1.82) is 0 Å². The summed E-state index contributed by atoms with van der Waals surface area (Å²) in [5, 5.41) is 36.2. The van der Waals surface area contributed by atoms with Gasteiger partial charge in [0.05, 0.1) is 11.8 Å². The molecule has 0 spiro atoms. The normalized spacial score (nSPS) is 45.2. The monoisotopic (exact) mass is 435 g/mol. The zero-order chi connectivity index (χ0) is 22.4. The molecule has 0 radical (unpaired) electrons. The predicted octanol–water partition coefficient (Wildman–Crippen LogP) is 1.72. The molecule has 0 aromatic rings. The Labute approximate surface area is 182 Å². The van der Waals surface area contributed by atoms with Crippen molar-refractivity contribution in [3.63, 3.8) is 0 Å². The first-order valence-corrected chi connectivity index (χ1v) is 11.2. The second kappa shape index (κ2) is 7.98. The number of hydrogen-bond donors (Lipinski definition) is 3. The van der Waals surface area contributed by atoms with Crippen LogP contribution in [-0.4, -0.2) is 58.4 Å². The lowest BCUT2D eigenvalue weighted by Crippen LogP contribution is -2.62. The zero-order valence-corrected chi connectivity index (χ0v) is 18.2. The van der Waals surface area contributed by atoms with Gasteiger partial charge in [0.15, 0.2) is 5.78 Å². The van der Waals surface area contributed by atoms with Crippen LogP contribution < -0.4 is 0 Å². The molecule has 0 saturated heterocycles. The lowest BCUT2D eigenvalue weighted by Gasteiger charge is -2.60. The minimum Gasteiger partial charge on any atom is -0.428 e. The van der Waals surface area contributed by atoms with E-state index in [-0.39, 0.29) is 30.0 Å². The molecule has 0 aromatic carbocycles. The van der Waals surface area contributed by atoms with E-state index in [1.807, 2.05) is 6.92 Å². The summed E-state index contributed by atoms with van der Waals surface area (Å²) in [4.78, 5) is 27.7. The van der Waals surface area contributed by atoms with E-state index in [1.165, 1.54) is 5.57 Å². The third-order valence-electron chi connectivity index (χ3n) is 9.04. The van der Waals surface area contributed by atoms with Crippen molar-refractivity contribution >= 4 is 18.0 Å². The molecule has 8 heteroatoms. The van der Waals surface area contributed by atoms with Crippen molar-refractivity contribution in [2.24, 2.45) is 33.7 Å². The van der Waals surface area contributed by atoms with Crippen molar-refractivity contribution in [2.75, 3.05) is 13.4 Å². The van der Waals surface area contributed by atoms with E-state index in [0.29, 0.717) is 25.7 Å². The molecule has 3 N–H and O–H groups in total. The Morgan fingerprint density at radius 1 is 1.29 bits per heavy atom. The van der Waals surface area contributed by atoms with Gasteiger partial charge in [0.25, 0.3) is 13.3 Å². The van der Waals surface area contributed by atoms with Crippen LogP contribution in [-0.2, 0) is 19.2 Å². The Hall–Kier alpha value is -1.77. The zero-order valence-electron chi connectivity index (χ0n) is 18.2. The van der Waals surface area contributed by atoms with Gasteiger partial charge in [-0.1, -0.05) is 24.6 Å². The fraction of sp³-hybridized carbons (Fsp3) is 0.783. The van der Waals surface area contributed by atoms with Gasteiger partial charge in [0.2, 0.25) is 0 Å². The molecule has 0 amide bonds. The molecule has 31 heavy (non-hydrogen) atoms. The maximum absolute atomic E-state index is 12.5. The molecule has 4 rings (SSSR count). The van der Waals surface area contributed by atoms with E-state index < -0.39 is 29.5 Å². The number of hydrogen-bond acceptors (Lipinski definition) is 8. The van der Waals surface area contributed by atoms with E-state index in [9.17, 15) is 24.9 Å². The number of nitrogens with zero attached hydrogens (tertiary/aromatic N) is 1. The molecule has 172 valence electrons. The lowest BCUT2D eigenvalue weighted by molar-refractivity contribution is -0.181. The third-order valence-corrected chi connectivity index (χ3v) is 9.04. The molecule has 3 fully saturated rings. The number of aliphatic hydroxyl groups is 3. The Morgan fingerprint density at radius 3 is 2.77 bits per heavy atom. The molecule has 4 aliphatic carbocycles. The van der Waals surface area contributed by atoms with Gasteiger partial charge in [-0.2, -0.15) is 0 Å². The standard InChI is InChI=1S/C23H33NO7/c1-21-7-5-15(24-31-13-30-12-26)9-14(21)3-4-16-17-6-8-23(29,19(28)11-25)22(17,2)10-18(27)20(16)21/h9,12,16-18,20,25,27,29H,3-8,10-11,13H2,1-2H3/b24-15+/t16?,17?,18-,20?,21-,22-,23-/m0/s1. The van der Waals surface area contributed by atoms with Gasteiger partial charge in [-0.3, -0.25) is 9.59 Å². The largest absolute Gasteiger partial charge is 0.428 e. The Kier molecular flexibility index (Phi) is 5.77. The van der Waals surface area contributed by atoms with Crippen molar-refractivity contribution in [3.8, 4) is 0 Å². The highest BCUT2D eigenvalue weighted by molar-refractivity contribution is 5.96. The molecule has 4 aliphatic rings. The summed E-state index contributed by atoms with van der Waals surface area (Å²) in [6.07, 6.45) is 6.15. The summed E-state index contributed by atoms with van der Waals surface area (Å²) in [7, 11) is 0. The first kappa shape index (κ1) is 22.4. The minimum atomic E-state index is -1.57. The van der Waals surface area contributed by atoms with Crippen LogP contribution >= 0.6 is 0 Å². The Balaban J connectivity index is 1.60. The number of carbonyl (C=O) groups is 2. The Bertz CT molecular complexity index is 810. The molecule has 0 bridgehead atoms. The van der Waals surface area contributed by atoms with Crippen molar-refractivity contribution < 1.29 is 34.5 Å². The summed E-state index contributed by atoms with van der Waals surface area (Å²) < 4.78 is 4.50. The topological polar surface area (TPSA) is 126 Å². The number of fused-ring (bicyclic) bond motifs is 5. The number of rotatable bonds is 6. The first-order valence-electron chi connectivity index (χ1n) is 11.2. The molecule has 8 nitrogen and oxygen atoms in total. The van der Waals surface area contributed by atoms with Crippen LogP contribution in [0.3, 0.4) is 0 Å². The van der Waals surface area contributed by atoms with E-state index in [2.05, 4.69) is 22.9 Å². The van der Waals surface area contributed by atoms with Gasteiger partial charge >= 0.3 is 0 Å². The maximum Gasteiger partial charge on any atom is 0.296 e. The molecule has 0 heterocycles. The molecule has 0 aliphatic heterocycles. The number of aliphatic hydroxyl groups excluding tert-OH is 2. The van der Waals surface area contributed by atoms with Gasteiger partial charge in [-0.05, 0) is 74.2 Å². The third kappa shape index (κ3) is 3.26. The van der Waals surface area contributed by atoms with E-state index in [1.54, 1.807) is 0 Å². The second-order valence-electron chi connectivity index (χ2n) is 10.2. The van der Waals surface area contributed by atoms with Gasteiger partial charge in [0.1, 0.15) is 12.2 Å². The quantitative estimate of drug-likeness (QED) is 0.251. The van der Waals surface area contributed by atoms with E-state index in [0.717, 1.165) is 31.4 Å². The predicted molar refractivity (Wildman–Crippen MR) is 111 cm³/mol. The highest BCUT2D eigenvalue weighted by Crippen LogP contribution is 2.67. The minimum absolute atomic E-state index is 0.0537. The first-order chi connectivity index (χ1) is 14.7. The van der Waals surface area contributed by atoms with Gasteiger partial charge in [0, 0.05) is 5.41 Å². The molecular formula is C23H33NO7.